The number of halogens is 2. The van der Waals surface area contributed by atoms with Crippen LogP contribution in [0.15, 0.2) is 18.2 Å². The molecule has 0 unspecified atom stereocenters. The lowest BCUT2D eigenvalue weighted by Gasteiger charge is -2.20. The van der Waals surface area contributed by atoms with E-state index in [1.807, 2.05) is 20.8 Å². The smallest absolute Gasteiger partial charge is 0.253 e. The SMILES string of the molecule is CCCNC(=O)CNC(=O)[C@H](CC(C)C)NC(=O)c1ccc(Cl)cc1Cl. The maximum atomic E-state index is 12.5. The predicted molar refractivity (Wildman–Crippen MR) is 103 cm³/mol. The van der Waals surface area contributed by atoms with Crippen LogP contribution in [0.4, 0.5) is 0 Å². The Bertz CT molecular complexity index is 651. The molecule has 144 valence electrons. The highest BCUT2D eigenvalue weighted by Gasteiger charge is 2.23. The zero-order chi connectivity index (χ0) is 19.7. The van der Waals surface area contributed by atoms with Crippen LogP contribution in [0.3, 0.4) is 0 Å². The minimum Gasteiger partial charge on any atom is -0.355 e. The Morgan fingerprint density at radius 1 is 1.12 bits per heavy atom. The van der Waals surface area contributed by atoms with E-state index in [0.29, 0.717) is 18.0 Å². The van der Waals surface area contributed by atoms with Crippen LogP contribution in [-0.4, -0.2) is 36.9 Å². The Morgan fingerprint density at radius 3 is 2.38 bits per heavy atom. The lowest BCUT2D eigenvalue weighted by Crippen LogP contribution is -2.49. The second kappa shape index (κ2) is 11.0. The first kappa shape index (κ1) is 22.3. The monoisotopic (exact) mass is 401 g/mol. The van der Waals surface area contributed by atoms with Crippen LogP contribution in [0.2, 0.25) is 10.0 Å². The molecule has 1 rings (SSSR count). The second-order valence-electron chi connectivity index (χ2n) is 6.35. The van der Waals surface area contributed by atoms with Gasteiger partial charge in [0.1, 0.15) is 6.04 Å². The standard InChI is InChI=1S/C18H25Cl2N3O3/c1-4-7-21-16(24)10-22-18(26)15(8-11(2)3)23-17(25)13-6-5-12(19)9-14(13)20/h5-6,9,11,15H,4,7-8,10H2,1-3H3,(H,21,24)(H,22,26)(H,23,25)/t15-/m0/s1. The molecule has 0 saturated heterocycles. The summed E-state index contributed by atoms with van der Waals surface area (Å²) >= 11 is 11.9. The number of carbonyl (C=O) groups excluding carboxylic acids is 3. The molecule has 0 aromatic heterocycles. The van der Waals surface area contributed by atoms with Gasteiger partial charge in [0.25, 0.3) is 5.91 Å². The van der Waals surface area contributed by atoms with E-state index in [1.165, 1.54) is 12.1 Å². The molecule has 0 radical (unpaired) electrons. The first-order valence-electron chi connectivity index (χ1n) is 8.54. The molecule has 3 amide bonds. The van der Waals surface area contributed by atoms with Crippen LogP contribution in [-0.2, 0) is 9.59 Å². The van der Waals surface area contributed by atoms with Crippen molar-refractivity contribution in [1.29, 1.82) is 0 Å². The molecule has 0 aliphatic rings. The van der Waals surface area contributed by atoms with Gasteiger partial charge in [-0.25, -0.2) is 0 Å². The summed E-state index contributed by atoms with van der Waals surface area (Å²) in [5.74, 6) is -0.983. The average Bonchev–Trinajstić information content (AvgIpc) is 2.56. The van der Waals surface area contributed by atoms with Gasteiger partial charge in [-0.1, -0.05) is 44.0 Å². The van der Waals surface area contributed by atoms with Gasteiger partial charge in [-0.05, 0) is 37.0 Å². The van der Waals surface area contributed by atoms with E-state index in [-0.39, 0.29) is 29.0 Å². The zero-order valence-electron chi connectivity index (χ0n) is 15.2. The maximum absolute atomic E-state index is 12.5. The van der Waals surface area contributed by atoms with Crippen LogP contribution in [0.5, 0.6) is 0 Å². The van der Waals surface area contributed by atoms with Crippen LogP contribution in [0, 0.1) is 5.92 Å². The van der Waals surface area contributed by atoms with Gasteiger partial charge >= 0.3 is 0 Å². The first-order chi connectivity index (χ1) is 12.2. The number of amides is 3. The third kappa shape index (κ3) is 7.62. The van der Waals surface area contributed by atoms with Gasteiger partial charge < -0.3 is 16.0 Å². The average molecular weight is 402 g/mol. The van der Waals surface area contributed by atoms with Crippen LogP contribution < -0.4 is 16.0 Å². The number of carbonyl (C=O) groups is 3. The molecule has 1 aromatic carbocycles. The molecular weight excluding hydrogens is 377 g/mol. The van der Waals surface area contributed by atoms with Crippen molar-refractivity contribution in [2.45, 2.75) is 39.7 Å². The Hall–Kier alpha value is -1.79. The normalized spacial score (nSPS) is 11.8. The molecule has 6 nitrogen and oxygen atoms in total. The van der Waals surface area contributed by atoms with Crippen molar-refractivity contribution in [3.8, 4) is 0 Å². The number of nitrogens with one attached hydrogen (secondary N) is 3. The van der Waals surface area contributed by atoms with E-state index in [4.69, 9.17) is 23.2 Å². The molecule has 0 saturated carbocycles. The van der Waals surface area contributed by atoms with Crippen molar-refractivity contribution in [2.24, 2.45) is 5.92 Å². The summed E-state index contributed by atoms with van der Waals surface area (Å²) in [5.41, 5.74) is 0.235. The molecule has 0 bridgehead atoms. The van der Waals surface area contributed by atoms with Crippen molar-refractivity contribution >= 4 is 40.9 Å². The molecule has 0 fully saturated rings. The number of hydrogen-bond donors (Lipinski definition) is 3. The summed E-state index contributed by atoms with van der Waals surface area (Å²) in [7, 11) is 0. The second-order valence-corrected chi connectivity index (χ2v) is 7.19. The van der Waals surface area contributed by atoms with E-state index in [0.717, 1.165) is 6.42 Å². The van der Waals surface area contributed by atoms with E-state index < -0.39 is 17.9 Å². The quantitative estimate of drug-likeness (QED) is 0.594. The van der Waals surface area contributed by atoms with Gasteiger partial charge in [0.05, 0.1) is 17.1 Å². The van der Waals surface area contributed by atoms with E-state index >= 15 is 0 Å². The molecule has 8 heteroatoms. The van der Waals surface area contributed by atoms with E-state index in [2.05, 4.69) is 16.0 Å². The van der Waals surface area contributed by atoms with Gasteiger partial charge in [-0.15, -0.1) is 0 Å². The fourth-order valence-electron chi connectivity index (χ4n) is 2.23. The fourth-order valence-corrected chi connectivity index (χ4v) is 2.72. The van der Waals surface area contributed by atoms with Gasteiger partial charge in [0.15, 0.2) is 0 Å². The van der Waals surface area contributed by atoms with Gasteiger partial charge in [-0.2, -0.15) is 0 Å². The molecule has 0 aliphatic carbocycles. The number of hydrogen-bond acceptors (Lipinski definition) is 3. The van der Waals surface area contributed by atoms with Crippen LogP contribution in [0.1, 0.15) is 44.0 Å². The van der Waals surface area contributed by atoms with Crippen molar-refractivity contribution in [3.05, 3.63) is 33.8 Å². The predicted octanol–water partition coefficient (Wildman–Crippen LogP) is 2.78. The summed E-state index contributed by atoms with van der Waals surface area (Å²) in [4.78, 5) is 36.5. The summed E-state index contributed by atoms with van der Waals surface area (Å²) in [5, 5.41) is 8.54. The van der Waals surface area contributed by atoms with Crippen LogP contribution >= 0.6 is 23.2 Å². The van der Waals surface area contributed by atoms with Gasteiger partial charge in [-0.3, -0.25) is 14.4 Å². The Morgan fingerprint density at radius 2 is 1.81 bits per heavy atom. The lowest BCUT2D eigenvalue weighted by atomic mass is 10.0. The Balaban J connectivity index is 2.74. The third-order valence-electron chi connectivity index (χ3n) is 3.50. The van der Waals surface area contributed by atoms with Crippen LogP contribution in [0.25, 0.3) is 0 Å². The topological polar surface area (TPSA) is 87.3 Å². The highest BCUT2D eigenvalue weighted by atomic mass is 35.5. The van der Waals surface area contributed by atoms with E-state index in [1.54, 1.807) is 6.07 Å². The highest BCUT2D eigenvalue weighted by molar-refractivity contribution is 6.36. The fraction of sp³-hybridized carbons (Fsp3) is 0.500. The zero-order valence-corrected chi connectivity index (χ0v) is 16.7. The summed E-state index contributed by atoms with van der Waals surface area (Å²) in [6.07, 6.45) is 1.24. The summed E-state index contributed by atoms with van der Waals surface area (Å²) < 4.78 is 0. The molecule has 1 aromatic rings. The largest absolute Gasteiger partial charge is 0.355 e. The maximum Gasteiger partial charge on any atom is 0.253 e. The van der Waals surface area contributed by atoms with Crippen molar-refractivity contribution in [1.82, 2.24) is 16.0 Å². The van der Waals surface area contributed by atoms with Crippen molar-refractivity contribution in [3.63, 3.8) is 0 Å². The first-order valence-corrected chi connectivity index (χ1v) is 9.30. The van der Waals surface area contributed by atoms with Gasteiger partial charge in [0, 0.05) is 11.6 Å². The lowest BCUT2D eigenvalue weighted by molar-refractivity contribution is -0.127. The molecule has 1 atom stereocenters. The van der Waals surface area contributed by atoms with Crippen molar-refractivity contribution < 1.29 is 14.4 Å². The third-order valence-corrected chi connectivity index (χ3v) is 4.05. The summed E-state index contributed by atoms with van der Waals surface area (Å²) in [6.45, 7) is 6.24. The molecule has 0 spiro atoms. The van der Waals surface area contributed by atoms with Gasteiger partial charge in [0.2, 0.25) is 11.8 Å². The minimum absolute atomic E-state index is 0.134. The van der Waals surface area contributed by atoms with E-state index in [9.17, 15) is 14.4 Å². The minimum atomic E-state index is -0.770. The van der Waals surface area contributed by atoms with Crippen molar-refractivity contribution in [2.75, 3.05) is 13.1 Å². The highest BCUT2D eigenvalue weighted by Crippen LogP contribution is 2.21. The molecule has 0 aliphatic heterocycles. The number of benzene rings is 1. The Labute approximate surface area is 164 Å². The summed E-state index contributed by atoms with van der Waals surface area (Å²) in [6, 6.07) is 3.75. The molecule has 26 heavy (non-hydrogen) atoms. The molecular formula is C18H25Cl2N3O3. The molecule has 3 N–H and O–H groups in total. The Kier molecular flexibility index (Phi) is 9.44. The number of rotatable bonds is 9. The molecule has 0 heterocycles.